The normalized spacial score (nSPS) is 10.5. The van der Waals surface area contributed by atoms with Gasteiger partial charge in [0, 0.05) is 6.07 Å². The van der Waals surface area contributed by atoms with E-state index in [-0.39, 0.29) is 22.9 Å². The topological polar surface area (TPSA) is 72.3 Å². The van der Waals surface area contributed by atoms with Crippen LogP contribution in [-0.2, 0) is 0 Å². The number of phenols is 1. The van der Waals surface area contributed by atoms with Crippen LogP contribution in [0.25, 0.3) is 11.3 Å². The molecule has 0 bridgehead atoms. The number of hydrogen-bond donors (Lipinski definition) is 2. The number of aromatic nitrogens is 1. The van der Waals surface area contributed by atoms with E-state index in [1.807, 2.05) is 0 Å². The molecule has 0 spiro atoms. The molecule has 0 aliphatic rings. The Bertz CT molecular complexity index is 508. The average Bonchev–Trinajstić information content (AvgIpc) is 2.58. The van der Waals surface area contributed by atoms with Crippen molar-refractivity contribution in [3.05, 3.63) is 29.6 Å². The number of halogens is 1. The van der Waals surface area contributed by atoms with E-state index in [1.165, 1.54) is 18.2 Å². The van der Waals surface area contributed by atoms with E-state index >= 15 is 0 Å². The zero-order chi connectivity index (χ0) is 11.0. The van der Waals surface area contributed by atoms with Gasteiger partial charge in [0.15, 0.2) is 11.6 Å². The minimum absolute atomic E-state index is 0.0648. The van der Waals surface area contributed by atoms with Crippen LogP contribution in [-0.4, -0.2) is 10.3 Å². The number of nitrogen functional groups attached to an aromatic ring is 1. The molecule has 0 amide bonds. The van der Waals surface area contributed by atoms with Crippen molar-refractivity contribution < 1.29 is 14.0 Å². The fourth-order valence-electron chi connectivity index (χ4n) is 1.28. The number of phenolic OH excluding ortho intramolecular Hbond substituents is 1. The van der Waals surface area contributed by atoms with Gasteiger partial charge in [-0.1, -0.05) is 5.16 Å². The maximum absolute atomic E-state index is 13.2. The molecule has 15 heavy (non-hydrogen) atoms. The first kappa shape index (κ1) is 9.51. The van der Waals surface area contributed by atoms with Crippen molar-refractivity contribution in [1.82, 2.24) is 5.16 Å². The predicted octanol–water partition coefficient (Wildman–Crippen LogP) is 2.08. The largest absolute Gasteiger partial charge is 0.507 e. The summed E-state index contributed by atoms with van der Waals surface area (Å²) < 4.78 is 18.1. The lowest BCUT2D eigenvalue weighted by Gasteiger charge is -2.02. The number of hydrogen-bond acceptors (Lipinski definition) is 4. The number of nitrogens with zero attached hydrogens (tertiary/aromatic N) is 1. The summed E-state index contributed by atoms with van der Waals surface area (Å²) in [5, 5.41) is 13.0. The number of nitrogens with two attached hydrogens (primary N) is 1. The second kappa shape index (κ2) is 3.27. The molecule has 0 atom stereocenters. The smallest absolute Gasteiger partial charge is 0.172 e. The Labute approximate surface area is 85.1 Å². The lowest BCUT2D eigenvalue weighted by molar-refractivity contribution is 0.428. The standard InChI is InChI=1S/C10H9FN2O2/c1-5-2-8(14)6(3-7(5)11)9-4-10(12)13-15-9/h2-4,14H,1H3,(H2,12,13). The van der Waals surface area contributed by atoms with E-state index in [9.17, 15) is 9.50 Å². The Morgan fingerprint density at radius 1 is 1.40 bits per heavy atom. The Morgan fingerprint density at radius 3 is 2.73 bits per heavy atom. The monoisotopic (exact) mass is 208 g/mol. The van der Waals surface area contributed by atoms with Crippen LogP contribution in [0.15, 0.2) is 22.7 Å². The Kier molecular flexibility index (Phi) is 2.07. The Morgan fingerprint density at radius 2 is 2.13 bits per heavy atom. The van der Waals surface area contributed by atoms with Gasteiger partial charge in [0.05, 0.1) is 5.56 Å². The summed E-state index contributed by atoms with van der Waals surface area (Å²) in [6.45, 7) is 1.56. The zero-order valence-electron chi connectivity index (χ0n) is 7.99. The van der Waals surface area contributed by atoms with Gasteiger partial charge in [-0.25, -0.2) is 4.39 Å². The van der Waals surface area contributed by atoms with Crippen molar-refractivity contribution in [2.24, 2.45) is 0 Å². The molecule has 0 radical (unpaired) electrons. The van der Waals surface area contributed by atoms with E-state index in [1.54, 1.807) is 6.92 Å². The SMILES string of the molecule is Cc1cc(O)c(-c2cc(N)no2)cc1F. The van der Waals surface area contributed by atoms with Gasteiger partial charge in [0.1, 0.15) is 11.6 Å². The third-order valence-corrected chi connectivity index (χ3v) is 2.07. The van der Waals surface area contributed by atoms with E-state index in [0.717, 1.165) is 0 Å². The predicted molar refractivity (Wildman–Crippen MR) is 52.7 cm³/mol. The quantitative estimate of drug-likeness (QED) is 0.752. The maximum Gasteiger partial charge on any atom is 0.172 e. The first-order chi connectivity index (χ1) is 7.08. The second-order valence-corrected chi connectivity index (χ2v) is 3.23. The number of anilines is 1. The Hall–Kier alpha value is -2.04. The van der Waals surface area contributed by atoms with Gasteiger partial charge in [0.25, 0.3) is 0 Å². The van der Waals surface area contributed by atoms with E-state index < -0.39 is 5.82 Å². The Balaban J connectivity index is 2.58. The van der Waals surface area contributed by atoms with Crippen LogP contribution in [0.4, 0.5) is 10.2 Å². The van der Waals surface area contributed by atoms with Crippen molar-refractivity contribution in [2.75, 3.05) is 5.73 Å². The molecule has 3 N–H and O–H groups in total. The first-order valence-electron chi connectivity index (χ1n) is 4.29. The summed E-state index contributed by atoms with van der Waals surface area (Å²) >= 11 is 0. The third kappa shape index (κ3) is 1.63. The number of aryl methyl sites for hydroxylation is 1. The second-order valence-electron chi connectivity index (χ2n) is 3.23. The van der Waals surface area contributed by atoms with Crippen LogP contribution in [0.3, 0.4) is 0 Å². The molecule has 0 aliphatic carbocycles. The number of rotatable bonds is 1. The summed E-state index contributed by atoms with van der Waals surface area (Å²) in [6.07, 6.45) is 0. The summed E-state index contributed by atoms with van der Waals surface area (Å²) in [5.41, 5.74) is 5.96. The van der Waals surface area contributed by atoms with Crippen LogP contribution in [0.1, 0.15) is 5.56 Å². The fraction of sp³-hybridized carbons (Fsp3) is 0.100. The summed E-state index contributed by atoms with van der Waals surface area (Å²) in [6, 6.07) is 3.93. The number of aromatic hydroxyl groups is 1. The summed E-state index contributed by atoms with van der Waals surface area (Å²) in [7, 11) is 0. The molecule has 0 saturated heterocycles. The van der Waals surface area contributed by atoms with E-state index in [4.69, 9.17) is 10.3 Å². The highest BCUT2D eigenvalue weighted by Crippen LogP contribution is 2.32. The van der Waals surface area contributed by atoms with E-state index in [0.29, 0.717) is 5.56 Å². The molecule has 0 unspecified atom stereocenters. The van der Waals surface area contributed by atoms with Gasteiger partial charge in [-0.3, -0.25) is 0 Å². The molecule has 4 nitrogen and oxygen atoms in total. The van der Waals surface area contributed by atoms with Crippen LogP contribution in [0, 0.1) is 12.7 Å². The summed E-state index contributed by atoms with van der Waals surface area (Å²) in [4.78, 5) is 0. The van der Waals surface area contributed by atoms with Crippen molar-refractivity contribution in [2.45, 2.75) is 6.92 Å². The van der Waals surface area contributed by atoms with Crippen molar-refractivity contribution in [3.63, 3.8) is 0 Å². The van der Waals surface area contributed by atoms with E-state index in [2.05, 4.69) is 5.16 Å². The molecular formula is C10H9FN2O2. The molecule has 1 aromatic carbocycles. The summed E-state index contributed by atoms with van der Waals surface area (Å²) in [5.74, 6) is -0.0582. The van der Waals surface area contributed by atoms with Gasteiger partial charge in [-0.15, -0.1) is 0 Å². The molecular weight excluding hydrogens is 199 g/mol. The highest BCUT2D eigenvalue weighted by atomic mass is 19.1. The lowest BCUT2D eigenvalue weighted by Crippen LogP contribution is -1.85. The van der Waals surface area contributed by atoms with Crippen molar-refractivity contribution in [3.8, 4) is 17.1 Å². The van der Waals surface area contributed by atoms with Crippen molar-refractivity contribution >= 4 is 5.82 Å². The zero-order valence-corrected chi connectivity index (χ0v) is 7.99. The molecule has 78 valence electrons. The molecule has 0 fully saturated rings. The molecule has 1 heterocycles. The van der Waals surface area contributed by atoms with Gasteiger partial charge >= 0.3 is 0 Å². The minimum atomic E-state index is -0.419. The maximum atomic E-state index is 13.2. The first-order valence-corrected chi connectivity index (χ1v) is 4.29. The highest BCUT2D eigenvalue weighted by molar-refractivity contribution is 5.67. The van der Waals surface area contributed by atoms with Crippen LogP contribution in [0.5, 0.6) is 5.75 Å². The molecule has 1 aromatic heterocycles. The van der Waals surface area contributed by atoms with Crippen LogP contribution < -0.4 is 5.73 Å². The third-order valence-electron chi connectivity index (χ3n) is 2.07. The molecule has 2 rings (SSSR count). The fourth-order valence-corrected chi connectivity index (χ4v) is 1.28. The van der Waals surface area contributed by atoms with Gasteiger partial charge in [-0.05, 0) is 24.6 Å². The molecule has 0 saturated carbocycles. The van der Waals surface area contributed by atoms with Gasteiger partial charge in [0.2, 0.25) is 0 Å². The lowest BCUT2D eigenvalue weighted by atomic mass is 10.1. The minimum Gasteiger partial charge on any atom is -0.507 e. The highest BCUT2D eigenvalue weighted by Gasteiger charge is 2.12. The van der Waals surface area contributed by atoms with Gasteiger partial charge < -0.3 is 15.4 Å². The number of benzene rings is 1. The van der Waals surface area contributed by atoms with Crippen LogP contribution in [0.2, 0.25) is 0 Å². The average molecular weight is 208 g/mol. The molecule has 5 heteroatoms. The van der Waals surface area contributed by atoms with Crippen LogP contribution >= 0.6 is 0 Å². The molecule has 2 aromatic rings. The molecule has 0 aliphatic heterocycles. The van der Waals surface area contributed by atoms with Gasteiger partial charge in [-0.2, -0.15) is 0 Å². The van der Waals surface area contributed by atoms with Crippen molar-refractivity contribution in [1.29, 1.82) is 0 Å².